The van der Waals surface area contributed by atoms with Crippen LogP contribution in [0.4, 0.5) is 17.1 Å². The molecule has 0 spiro atoms. The van der Waals surface area contributed by atoms with Crippen LogP contribution in [0.15, 0.2) is 176 Å². The molecule has 0 N–H and O–H groups in total. The number of hydrogen-bond donors (Lipinski definition) is 0. The van der Waals surface area contributed by atoms with E-state index in [1.807, 2.05) is 11.3 Å². The Morgan fingerprint density at radius 3 is 1.50 bits per heavy atom. The van der Waals surface area contributed by atoms with Crippen LogP contribution in [0.5, 0.6) is 0 Å². The molecule has 0 aliphatic rings. The first-order valence-corrected chi connectivity index (χ1v) is 18.0. The fraction of sp³-hybridized carbons (Fsp3) is 0. The van der Waals surface area contributed by atoms with Crippen LogP contribution in [0.25, 0.3) is 84.8 Å². The van der Waals surface area contributed by atoms with E-state index in [-0.39, 0.29) is 0 Å². The quantitative estimate of drug-likeness (QED) is 0.172. The highest BCUT2D eigenvalue weighted by atomic mass is 32.1. The van der Waals surface area contributed by atoms with Crippen LogP contribution in [-0.2, 0) is 0 Å². The van der Waals surface area contributed by atoms with Gasteiger partial charge < -0.3 is 4.90 Å². The molecule has 0 aliphatic heterocycles. The molecule has 0 radical (unpaired) electrons. The summed E-state index contributed by atoms with van der Waals surface area (Å²) in [5.74, 6) is 0. The zero-order valence-corrected chi connectivity index (χ0v) is 27.9. The van der Waals surface area contributed by atoms with Gasteiger partial charge >= 0.3 is 0 Å². The number of nitrogens with zero attached hydrogens (tertiary/aromatic N) is 1. The van der Waals surface area contributed by atoms with E-state index in [9.17, 15) is 0 Å². The molecule has 0 amide bonds. The maximum atomic E-state index is 2.41. The Morgan fingerprint density at radius 2 is 0.780 bits per heavy atom. The average Bonchev–Trinajstić information content (AvgIpc) is 3.57. The lowest BCUT2D eigenvalue weighted by atomic mass is 9.92. The molecule has 1 heterocycles. The summed E-state index contributed by atoms with van der Waals surface area (Å²) in [6.45, 7) is 0. The predicted octanol–water partition coefficient (Wildman–Crippen LogP) is 14.4. The van der Waals surface area contributed by atoms with Crippen molar-refractivity contribution in [1.29, 1.82) is 0 Å². The number of rotatable bonds is 3. The van der Waals surface area contributed by atoms with Gasteiger partial charge in [0, 0.05) is 42.6 Å². The Balaban J connectivity index is 1.20. The second-order valence-electron chi connectivity index (χ2n) is 13.3. The third kappa shape index (κ3) is 4.06. The molecule has 232 valence electrons. The number of fused-ring (bicyclic) bond motifs is 14. The van der Waals surface area contributed by atoms with Crippen molar-refractivity contribution in [2.45, 2.75) is 0 Å². The van der Waals surface area contributed by atoms with Crippen molar-refractivity contribution in [3.63, 3.8) is 0 Å². The molecule has 0 saturated carbocycles. The number of thiophene rings is 1. The lowest BCUT2D eigenvalue weighted by molar-refractivity contribution is 1.30. The van der Waals surface area contributed by atoms with Gasteiger partial charge in [0.15, 0.2) is 0 Å². The van der Waals surface area contributed by atoms with E-state index in [4.69, 9.17) is 0 Å². The third-order valence-electron chi connectivity index (χ3n) is 10.6. The average molecular weight is 652 g/mol. The van der Waals surface area contributed by atoms with Gasteiger partial charge in [-0.05, 0) is 102 Å². The Labute approximate surface area is 292 Å². The van der Waals surface area contributed by atoms with E-state index in [1.165, 1.54) is 84.8 Å². The summed E-state index contributed by atoms with van der Waals surface area (Å²) in [5.41, 5.74) is 3.42. The van der Waals surface area contributed by atoms with Gasteiger partial charge in [0.05, 0.1) is 0 Å². The summed E-state index contributed by atoms with van der Waals surface area (Å²) in [6.07, 6.45) is 0. The van der Waals surface area contributed by atoms with Crippen molar-refractivity contribution in [2.24, 2.45) is 0 Å². The second-order valence-corrected chi connectivity index (χ2v) is 14.4. The highest BCUT2D eigenvalue weighted by Crippen LogP contribution is 2.47. The molecule has 0 aliphatic carbocycles. The monoisotopic (exact) mass is 651 g/mol. The summed E-state index contributed by atoms with van der Waals surface area (Å²) in [7, 11) is 0. The fourth-order valence-corrected chi connectivity index (χ4v) is 9.53. The summed E-state index contributed by atoms with van der Waals surface area (Å²) in [4.78, 5) is 2.41. The fourth-order valence-electron chi connectivity index (χ4n) is 8.25. The normalized spacial score (nSPS) is 12.0. The van der Waals surface area contributed by atoms with Crippen molar-refractivity contribution >= 4 is 113 Å². The summed E-state index contributed by atoms with van der Waals surface area (Å²) in [6, 6.07) is 65.0. The highest BCUT2D eigenvalue weighted by Gasteiger charge is 2.19. The zero-order valence-electron chi connectivity index (χ0n) is 27.1. The van der Waals surface area contributed by atoms with Crippen molar-refractivity contribution in [1.82, 2.24) is 0 Å². The molecule has 10 aromatic carbocycles. The van der Waals surface area contributed by atoms with Crippen LogP contribution in [0.3, 0.4) is 0 Å². The topological polar surface area (TPSA) is 3.24 Å². The van der Waals surface area contributed by atoms with Crippen LogP contribution in [-0.4, -0.2) is 0 Å². The maximum absolute atomic E-state index is 2.41. The van der Waals surface area contributed by atoms with Gasteiger partial charge in [-0.2, -0.15) is 0 Å². The van der Waals surface area contributed by atoms with E-state index < -0.39 is 0 Å². The van der Waals surface area contributed by atoms with Crippen LogP contribution in [0.1, 0.15) is 0 Å². The first-order chi connectivity index (χ1) is 24.8. The first-order valence-electron chi connectivity index (χ1n) is 17.2. The van der Waals surface area contributed by atoms with E-state index in [1.54, 1.807) is 0 Å². The molecule has 0 bridgehead atoms. The van der Waals surface area contributed by atoms with Crippen molar-refractivity contribution < 1.29 is 0 Å². The summed E-state index contributed by atoms with van der Waals surface area (Å²) in [5, 5.41) is 18.1. The molecule has 0 fully saturated rings. The number of benzene rings is 10. The molecule has 50 heavy (non-hydrogen) atoms. The molecular weight excluding hydrogens is 623 g/mol. The standard InChI is InChI=1S/C48H29NS/c1-3-12-33-27-35(20-17-30(33)9-1)49(36-21-18-31-10-2-4-13-34(31)28-36)37-22-23-40-42-24-25-43-46-38-14-6-5-11-32(38)19-26-45(46)50-48(43)47(42)41-16-8-7-15-39(41)44(40)29-37/h1-29H. The third-order valence-corrected chi connectivity index (χ3v) is 11.7. The SMILES string of the molecule is c1ccc2cc(N(c3ccc4ccccc4c3)c3ccc4c(c3)c3ccccc3c3c4ccc4c3sc3ccc5ccccc5c34)ccc2c1. The molecule has 11 rings (SSSR count). The Bertz CT molecular complexity index is 3070. The highest BCUT2D eigenvalue weighted by molar-refractivity contribution is 7.27. The molecular formula is C48H29NS. The van der Waals surface area contributed by atoms with Crippen LogP contribution in [0.2, 0.25) is 0 Å². The van der Waals surface area contributed by atoms with Gasteiger partial charge in [0.2, 0.25) is 0 Å². The maximum Gasteiger partial charge on any atom is 0.0468 e. The molecule has 0 saturated heterocycles. The summed E-state index contributed by atoms with van der Waals surface area (Å²) < 4.78 is 2.71. The van der Waals surface area contributed by atoms with Crippen LogP contribution < -0.4 is 4.90 Å². The van der Waals surface area contributed by atoms with E-state index in [0.29, 0.717) is 0 Å². The number of anilines is 3. The summed E-state index contributed by atoms with van der Waals surface area (Å²) >= 11 is 1.93. The largest absolute Gasteiger partial charge is 0.310 e. The second kappa shape index (κ2) is 10.6. The lowest BCUT2D eigenvalue weighted by Gasteiger charge is -2.27. The molecule has 0 atom stereocenters. The van der Waals surface area contributed by atoms with E-state index in [2.05, 4.69) is 181 Å². The molecule has 1 nitrogen and oxygen atoms in total. The Morgan fingerprint density at radius 1 is 0.300 bits per heavy atom. The van der Waals surface area contributed by atoms with Gasteiger partial charge in [-0.25, -0.2) is 0 Å². The molecule has 2 heteroatoms. The molecule has 1 aromatic heterocycles. The predicted molar refractivity (Wildman–Crippen MR) is 219 cm³/mol. The number of hydrogen-bond acceptors (Lipinski definition) is 2. The minimum atomic E-state index is 1.14. The Hall–Kier alpha value is -6.22. The van der Waals surface area contributed by atoms with Gasteiger partial charge in [-0.15, -0.1) is 11.3 Å². The van der Waals surface area contributed by atoms with Crippen molar-refractivity contribution in [3.05, 3.63) is 176 Å². The van der Waals surface area contributed by atoms with Crippen molar-refractivity contribution in [2.75, 3.05) is 4.90 Å². The van der Waals surface area contributed by atoms with E-state index in [0.717, 1.165) is 17.1 Å². The molecule has 11 aromatic rings. The molecule has 0 unspecified atom stereocenters. The van der Waals surface area contributed by atoms with Crippen LogP contribution in [0, 0.1) is 0 Å². The van der Waals surface area contributed by atoms with Gasteiger partial charge in [-0.1, -0.05) is 133 Å². The van der Waals surface area contributed by atoms with Gasteiger partial charge in [0.25, 0.3) is 0 Å². The van der Waals surface area contributed by atoms with Gasteiger partial charge in [-0.3, -0.25) is 0 Å². The Kier molecular flexibility index (Phi) is 5.89. The van der Waals surface area contributed by atoms with Crippen LogP contribution >= 0.6 is 11.3 Å². The first kappa shape index (κ1) is 27.7. The smallest absolute Gasteiger partial charge is 0.0468 e. The van der Waals surface area contributed by atoms with Gasteiger partial charge in [0.1, 0.15) is 0 Å². The van der Waals surface area contributed by atoms with E-state index >= 15 is 0 Å². The minimum absolute atomic E-state index is 1.14. The zero-order chi connectivity index (χ0) is 32.8. The van der Waals surface area contributed by atoms with Crippen molar-refractivity contribution in [3.8, 4) is 0 Å². The minimum Gasteiger partial charge on any atom is -0.310 e. The lowest BCUT2D eigenvalue weighted by Crippen LogP contribution is -2.10.